The number of likely N-dealkylation sites (tertiary alicyclic amines) is 1. The smallest absolute Gasteiger partial charge is 0.175 e. The largest absolute Gasteiger partial charge is 0.332 e. The zero-order valence-corrected chi connectivity index (χ0v) is 15.1. The van der Waals surface area contributed by atoms with E-state index in [4.69, 9.17) is 12.2 Å². The number of carbonyl (C=O) groups excluding carboxylic acids is 1. The van der Waals surface area contributed by atoms with Crippen LogP contribution in [0.3, 0.4) is 0 Å². The molecule has 2 N–H and O–H groups in total. The van der Waals surface area contributed by atoms with Gasteiger partial charge in [0.15, 0.2) is 10.9 Å². The monoisotopic (exact) mass is 354 g/mol. The fourth-order valence-electron chi connectivity index (χ4n) is 2.99. The Morgan fingerprint density at radius 3 is 2.52 bits per heavy atom. The molecular weight excluding hydrogens is 332 g/mol. The lowest BCUT2D eigenvalue weighted by atomic mass is 9.89. The molecule has 1 aromatic carbocycles. The minimum atomic E-state index is 0.119. The third-order valence-corrected chi connectivity index (χ3v) is 4.64. The van der Waals surface area contributed by atoms with Gasteiger partial charge < -0.3 is 15.5 Å². The van der Waals surface area contributed by atoms with Gasteiger partial charge in [0.1, 0.15) is 0 Å². The standard InChI is InChI=1S/C19H22N4OS/c1-23-11-7-14(8-12-23)18(24)15-3-2-4-17(13-15)22-19(25)21-16-5-9-20-10-6-16/h2-6,9-10,13-14H,7-8,11-12H2,1H3,(H2,20,21,22,25). The van der Waals surface area contributed by atoms with E-state index in [-0.39, 0.29) is 11.7 Å². The van der Waals surface area contributed by atoms with Gasteiger partial charge in [-0.3, -0.25) is 9.78 Å². The number of carbonyl (C=O) groups is 1. The molecule has 0 unspecified atom stereocenters. The van der Waals surface area contributed by atoms with Crippen LogP contribution >= 0.6 is 12.2 Å². The minimum Gasteiger partial charge on any atom is -0.332 e. The van der Waals surface area contributed by atoms with Gasteiger partial charge in [0.05, 0.1) is 0 Å². The van der Waals surface area contributed by atoms with Gasteiger partial charge in [0.2, 0.25) is 0 Å². The van der Waals surface area contributed by atoms with Gasteiger partial charge in [-0.15, -0.1) is 0 Å². The quantitative estimate of drug-likeness (QED) is 0.648. The summed E-state index contributed by atoms with van der Waals surface area (Å²) in [6, 6.07) is 11.2. The van der Waals surface area contributed by atoms with Crippen LogP contribution < -0.4 is 10.6 Å². The van der Waals surface area contributed by atoms with E-state index in [0.29, 0.717) is 5.11 Å². The van der Waals surface area contributed by atoms with Gasteiger partial charge in [0, 0.05) is 35.2 Å². The molecule has 1 aliphatic heterocycles. The number of nitrogens with one attached hydrogen (secondary N) is 2. The number of aromatic nitrogens is 1. The van der Waals surface area contributed by atoms with Crippen LogP contribution in [0.25, 0.3) is 0 Å². The molecule has 0 bridgehead atoms. The number of nitrogens with zero attached hydrogens (tertiary/aromatic N) is 2. The van der Waals surface area contributed by atoms with Gasteiger partial charge in [0.25, 0.3) is 0 Å². The average molecular weight is 354 g/mol. The normalized spacial score (nSPS) is 15.6. The highest BCUT2D eigenvalue weighted by Gasteiger charge is 2.24. The number of pyridine rings is 1. The van der Waals surface area contributed by atoms with Crippen LogP contribution in [0.1, 0.15) is 23.2 Å². The van der Waals surface area contributed by atoms with E-state index >= 15 is 0 Å². The molecule has 1 aliphatic rings. The van der Waals surface area contributed by atoms with Crippen LogP contribution in [0.5, 0.6) is 0 Å². The Hall–Kier alpha value is -2.31. The number of rotatable bonds is 4. The number of benzene rings is 1. The highest BCUT2D eigenvalue weighted by Crippen LogP contribution is 2.22. The zero-order valence-electron chi connectivity index (χ0n) is 14.2. The molecule has 1 aromatic heterocycles. The van der Waals surface area contributed by atoms with Crippen LogP contribution in [0.15, 0.2) is 48.8 Å². The number of thiocarbonyl (C=S) groups is 1. The van der Waals surface area contributed by atoms with E-state index in [1.807, 2.05) is 36.4 Å². The van der Waals surface area contributed by atoms with Crippen LogP contribution in [-0.2, 0) is 0 Å². The second-order valence-corrected chi connectivity index (χ2v) is 6.75. The van der Waals surface area contributed by atoms with E-state index in [1.54, 1.807) is 12.4 Å². The molecule has 0 aliphatic carbocycles. The Labute approximate surface area is 153 Å². The first-order valence-corrected chi connectivity index (χ1v) is 8.83. The van der Waals surface area contributed by atoms with Crippen molar-refractivity contribution in [1.29, 1.82) is 0 Å². The van der Waals surface area contributed by atoms with Gasteiger partial charge in [-0.05, 0) is 69.5 Å². The number of hydrogen-bond acceptors (Lipinski definition) is 4. The second-order valence-electron chi connectivity index (χ2n) is 6.34. The highest BCUT2D eigenvalue weighted by atomic mass is 32.1. The second kappa shape index (κ2) is 8.18. The highest BCUT2D eigenvalue weighted by molar-refractivity contribution is 7.80. The minimum absolute atomic E-state index is 0.119. The Morgan fingerprint density at radius 1 is 1.12 bits per heavy atom. The van der Waals surface area contributed by atoms with Crippen molar-refractivity contribution in [2.75, 3.05) is 30.8 Å². The maximum Gasteiger partial charge on any atom is 0.175 e. The summed E-state index contributed by atoms with van der Waals surface area (Å²) < 4.78 is 0. The van der Waals surface area contributed by atoms with Crippen molar-refractivity contribution in [1.82, 2.24) is 9.88 Å². The van der Waals surface area contributed by atoms with Crippen molar-refractivity contribution in [2.24, 2.45) is 5.92 Å². The molecule has 1 saturated heterocycles. The molecule has 3 rings (SSSR count). The lowest BCUT2D eigenvalue weighted by Gasteiger charge is -2.28. The SMILES string of the molecule is CN1CCC(C(=O)c2cccc(NC(=S)Nc3ccncc3)c2)CC1. The lowest BCUT2D eigenvalue weighted by molar-refractivity contribution is 0.0857. The molecule has 6 heteroatoms. The molecule has 25 heavy (non-hydrogen) atoms. The Balaban J connectivity index is 1.63. The summed E-state index contributed by atoms with van der Waals surface area (Å²) in [5.74, 6) is 0.345. The number of ketones is 1. The fraction of sp³-hybridized carbons (Fsp3) is 0.316. The molecular formula is C19H22N4OS. The predicted molar refractivity (Wildman–Crippen MR) is 105 cm³/mol. The molecule has 2 aromatic rings. The molecule has 130 valence electrons. The fourth-order valence-corrected chi connectivity index (χ4v) is 3.22. The van der Waals surface area contributed by atoms with Crippen molar-refractivity contribution in [2.45, 2.75) is 12.8 Å². The Bertz CT molecular complexity index is 742. The van der Waals surface area contributed by atoms with E-state index in [1.165, 1.54) is 0 Å². The van der Waals surface area contributed by atoms with Gasteiger partial charge >= 0.3 is 0 Å². The maximum absolute atomic E-state index is 12.7. The molecule has 0 amide bonds. The van der Waals surface area contributed by atoms with Crippen molar-refractivity contribution >= 4 is 34.5 Å². The summed E-state index contributed by atoms with van der Waals surface area (Å²) in [7, 11) is 2.10. The third kappa shape index (κ3) is 4.84. The lowest BCUT2D eigenvalue weighted by Crippen LogP contribution is -2.33. The first kappa shape index (κ1) is 17.5. The summed E-state index contributed by atoms with van der Waals surface area (Å²) in [4.78, 5) is 19.0. The van der Waals surface area contributed by atoms with Crippen LogP contribution in [0, 0.1) is 5.92 Å². The summed E-state index contributed by atoms with van der Waals surface area (Å²) in [6.45, 7) is 1.96. The van der Waals surface area contributed by atoms with E-state index < -0.39 is 0 Å². The van der Waals surface area contributed by atoms with E-state index in [2.05, 4.69) is 27.6 Å². The number of Topliss-reactive ketones (excluding diaryl/α,β-unsaturated/α-hetero) is 1. The van der Waals surface area contributed by atoms with Gasteiger partial charge in [-0.2, -0.15) is 0 Å². The van der Waals surface area contributed by atoms with Crippen molar-refractivity contribution < 1.29 is 4.79 Å². The Morgan fingerprint density at radius 2 is 1.80 bits per heavy atom. The molecule has 1 fully saturated rings. The van der Waals surface area contributed by atoms with Crippen LogP contribution in [0.2, 0.25) is 0 Å². The molecule has 0 saturated carbocycles. The molecule has 0 spiro atoms. The van der Waals surface area contributed by atoms with Crippen LogP contribution in [0.4, 0.5) is 11.4 Å². The topological polar surface area (TPSA) is 57.3 Å². The van der Waals surface area contributed by atoms with Crippen molar-refractivity contribution in [3.63, 3.8) is 0 Å². The summed E-state index contributed by atoms with van der Waals surface area (Å²) >= 11 is 5.33. The zero-order chi connectivity index (χ0) is 17.6. The summed E-state index contributed by atoms with van der Waals surface area (Å²) in [5, 5.41) is 6.71. The van der Waals surface area contributed by atoms with Crippen molar-refractivity contribution in [3.8, 4) is 0 Å². The molecule has 0 radical (unpaired) electrons. The first-order chi connectivity index (χ1) is 12.1. The van der Waals surface area contributed by atoms with E-state index in [0.717, 1.165) is 42.9 Å². The van der Waals surface area contributed by atoms with Gasteiger partial charge in [-0.25, -0.2) is 0 Å². The number of piperidine rings is 1. The Kier molecular flexibility index (Phi) is 5.73. The summed E-state index contributed by atoms with van der Waals surface area (Å²) in [5.41, 5.74) is 2.42. The molecule has 5 nitrogen and oxygen atoms in total. The average Bonchev–Trinajstić information content (AvgIpc) is 2.63. The summed E-state index contributed by atoms with van der Waals surface area (Å²) in [6.07, 6.45) is 5.25. The number of anilines is 2. The molecule has 0 atom stereocenters. The maximum atomic E-state index is 12.7. The van der Waals surface area contributed by atoms with Crippen LogP contribution in [-0.4, -0.2) is 40.9 Å². The predicted octanol–water partition coefficient (Wildman–Crippen LogP) is 3.42. The van der Waals surface area contributed by atoms with Crippen molar-refractivity contribution in [3.05, 3.63) is 54.4 Å². The first-order valence-electron chi connectivity index (χ1n) is 8.42. The number of hydrogen-bond donors (Lipinski definition) is 2. The van der Waals surface area contributed by atoms with E-state index in [9.17, 15) is 4.79 Å². The van der Waals surface area contributed by atoms with Gasteiger partial charge in [-0.1, -0.05) is 12.1 Å². The molecule has 2 heterocycles. The third-order valence-electron chi connectivity index (χ3n) is 4.43.